The van der Waals surface area contributed by atoms with Crippen molar-refractivity contribution < 1.29 is 0 Å². The molecule has 0 bridgehead atoms. The first-order valence-electron chi connectivity index (χ1n) is 4.75. The summed E-state index contributed by atoms with van der Waals surface area (Å²) in [7, 11) is 0. The fourth-order valence-corrected chi connectivity index (χ4v) is 2.95. The highest BCUT2D eigenvalue weighted by Crippen LogP contribution is 2.33. The van der Waals surface area contributed by atoms with Crippen LogP contribution < -0.4 is 5.46 Å². The van der Waals surface area contributed by atoms with E-state index in [2.05, 4.69) is 48.5 Å². The number of benzene rings is 2. The Hall–Kier alpha value is -1.15. The molecule has 0 unspecified atom stereocenters. The van der Waals surface area contributed by atoms with Gasteiger partial charge in [-0.1, -0.05) is 47.9 Å². The molecule has 0 fully saturated rings. The number of rotatable bonds is 0. The largest absolute Gasteiger partial charge is 0.231 e. The van der Waals surface area contributed by atoms with E-state index in [4.69, 9.17) is 0 Å². The third kappa shape index (κ3) is 1.18. The average molecular weight is 196 g/mol. The normalized spacial score (nSPS) is 12.6. The molecule has 0 N–H and O–H groups in total. The maximum absolute atomic E-state index is 2.22. The fraction of sp³-hybridized carbons (Fsp3) is 0. The van der Waals surface area contributed by atoms with Crippen molar-refractivity contribution in [3.05, 3.63) is 48.5 Å². The summed E-state index contributed by atoms with van der Waals surface area (Å²) in [6.07, 6.45) is 0. The van der Waals surface area contributed by atoms with Crippen molar-refractivity contribution in [2.75, 3.05) is 0 Å². The summed E-state index contributed by atoms with van der Waals surface area (Å²) in [5.41, 5.74) is 4.25. The third-order valence-corrected chi connectivity index (χ3v) is 3.70. The molecule has 0 amide bonds. The summed E-state index contributed by atoms with van der Waals surface area (Å²) in [5.74, 6) is 0. The van der Waals surface area contributed by atoms with Gasteiger partial charge in [-0.25, -0.2) is 0 Å². The van der Waals surface area contributed by atoms with Crippen LogP contribution in [-0.4, -0.2) is 6.56 Å². The van der Waals surface area contributed by atoms with Gasteiger partial charge in [-0.15, -0.1) is 0 Å². The van der Waals surface area contributed by atoms with Gasteiger partial charge in [0.05, 0.1) is 0 Å². The van der Waals surface area contributed by atoms with Gasteiger partial charge in [0.1, 0.15) is 0 Å². The Morgan fingerprint density at radius 1 is 0.786 bits per heavy atom. The highest BCUT2D eigenvalue weighted by Gasteiger charge is 2.15. The summed E-state index contributed by atoms with van der Waals surface area (Å²) in [4.78, 5) is 1.41. The van der Waals surface area contributed by atoms with E-state index in [9.17, 15) is 0 Å². The van der Waals surface area contributed by atoms with Crippen LogP contribution in [0.1, 0.15) is 0 Å². The molecule has 1 aliphatic heterocycles. The van der Waals surface area contributed by atoms with Crippen LogP contribution in [0.4, 0.5) is 0 Å². The highest BCUT2D eigenvalue weighted by atomic mass is 32.2. The molecule has 1 aliphatic rings. The Labute approximate surface area is 88.5 Å². The van der Waals surface area contributed by atoms with Crippen LogP contribution in [0.2, 0.25) is 0 Å². The van der Waals surface area contributed by atoms with Crippen molar-refractivity contribution in [3.63, 3.8) is 0 Å². The molecule has 0 aromatic heterocycles. The minimum absolute atomic E-state index is 1.10. The molecule has 0 saturated heterocycles. The van der Waals surface area contributed by atoms with E-state index in [1.54, 1.807) is 0 Å². The Morgan fingerprint density at radius 3 is 2.43 bits per heavy atom. The molecular weight excluding hydrogens is 187 g/mol. The van der Waals surface area contributed by atoms with Crippen molar-refractivity contribution in [2.24, 2.45) is 0 Å². The monoisotopic (exact) mass is 196 g/mol. The quantitative estimate of drug-likeness (QED) is 0.583. The lowest BCUT2D eigenvalue weighted by Crippen LogP contribution is -2.17. The summed E-state index contributed by atoms with van der Waals surface area (Å²) >= 11 is 1.93. The Morgan fingerprint density at radius 2 is 1.50 bits per heavy atom. The smallest absolute Gasteiger partial charge is 0.174 e. The van der Waals surface area contributed by atoms with Gasteiger partial charge in [0, 0.05) is 4.90 Å². The summed E-state index contributed by atoms with van der Waals surface area (Å²) in [5, 5.41) is 0. The minimum Gasteiger partial charge on any atom is -0.174 e. The van der Waals surface area contributed by atoms with Gasteiger partial charge < -0.3 is 0 Å². The predicted octanol–water partition coefficient (Wildman–Crippen LogP) is 2.44. The van der Waals surface area contributed by atoms with E-state index in [1.165, 1.54) is 21.5 Å². The standard InChI is InChI=1S/C12H9BS/c1-3-7-11-9(5-1)10-6-2-4-8-12(10)14-13-11/h1-8,13H. The van der Waals surface area contributed by atoms with Crippen molar-refractivity contribution in [3.8, 4) is 11.1 Å². The van der Waals surface area contributed by atoms with E-state index in [1.807, 2.05) is 11.6 Å². The second-order valence-corrected chi connectivity index (χ2v) is 4.46. The number of hydrogen-bond donors (Lipinski definition) is 0. The van der Waals surface area contributed by atoms with Crippen LogP contribution in [0.15, 0.2) is 53.4 Å². The summed E-state index contributed by atoms with van der Waals surface area (Å²) in [6, 6.07) is 17.3. The van der Waals surface area contributed by atoms with Crippen LogP contribution in [0.25, 0.3) is 11.1 Å². The molecule has 0 radical (unpaired) electrons. The lowest BCUT2D eigenvalue weighted by atomic mass is 9.85. The maximum atomic E-state index is 2.22. The van der Waals surface area contributed by atoms with Gasteiger partial charge in [-0.3, -0.25) is 0 Å². The Kier molecular flexibility index (Phi) is 1.88. The zero-order valence-corrected chi connectivity index (χ0v) is 8.55. The van der Waals surface area contributed by atoms with Crippen molar-refractivity contribution in [1.29, 1.82) is 0 Å². The van der Waals surface area contributed by atoms with E-state index >= 15 is 0 Å². The molecule has 3 rings (SSSR count). The van der Waals surface area contributed by atoms with Crippen LogP contribution >= 0.6 is 11.6 Å². The average Bonchev–Trinajstić information content (AvgIpc) is 2.29. The molecular formula is C12H9BS. The predicted molar refractivity (Wildman–Crippen MR) is 64.5 cm³/mol. The molecule has 2 aromatic carbocycles. The third-order valence-electron chi connectivity index (χ3n) is 2.58. The molecule has 14 heavy (non-hydrogen) atoms. The molecule has 0 spiro atoms. The maximum Gasteiger partial charge on any atom is 0.231 e. The zero-order chi connectivity index (χ0) is 9.38. The molecule has 2 aromatic rings. The van der Waals surface area contributed by atoms with Gasteiger partial charge in [-0.2, -0.15) is 11.6 Å². The molecule has 0 saturated carbocycles. The lowest BCUT2D eigenvalue weighted by molar-refractivity contribution is 1.46. The fourth-order valence-electron chi connectivity index (χ4n) is 1.88. The second kappa shape index (κ2) is 3.21. The Bertz CT molecular complexity index is 434. The van der Waals surface area contributed by atoms with E-state index < -0.39 is 0 Å². The molecule has 0 aliphatic carbocycles. The zero-order valence-electron chi connectivity index (χ0n) is 7.73. The van der Waals surface area contributed by atoms with Crippen molar-refractivity contribution in [2.45, 2.75) is 4.90 Å². The highest BCUT2D eigenvalue weighted by molar-refractivity contribution is 8.23. The van der Waals surface area contributed by atoms with E-state index in [-0.39, 0.29) is 0 Å². The van der Waals surface area contributed by atoms with Crippen LogP contribution in [-0.2, 0) is 0 Å². The van der Waals surface area contributed by atoms with Gasteiger partial charge in [0.15, 0.2) is 0 Å². The van der Waals surface area contributed by atoms with Crippen LogP contribution in [0.3, 0.4) is 0 Å². The number of hydrogen-bond acceptors (Lipinski definition) is 1. The molecule has 66 valence electrons. The molecule has 1 heterocycles. The van der Waals surface area contributed by atoms with Crippen LogP contribution in [0.5, 0.6) is 0 Å². The van der Waals surface area contributed by atoms with Crippen molar-refractivity contribution in [1.82, 2.24) is 0 Å². The van der Waals surface area contributed by atoms with Gasteiger partial charge in [0.25, 0.3) is 0 Å². The first-order chi connectivity index (χ1) is 6.95. The second-order valence-electron chi connectivity index (χ2n) is 3.44. The van der Waals surface area contributed by atoms with Gasteiger partial charge >= 0.3 is 0 Å². The van der Waals surface area contributed by atoms with Crippen molar-refractivity contribution >= 4 is 23.6 Å². The van der Waals surface area contributed by atoms with E-state index in [0.29, 0.717) is 0 Å². The summed E-state index contributed by atoms with van der Waals surface area (Å²) < 4.78 is 0. The molecule has 0 atom stereocenters. The summed E-state index contributed by atoms with van der Waals surface area (Å²) in [6.45, 7) is 1.10. The SMILES string of the molecule is B1Sc2ccccc2-c2ccccc21. The van der Waals surface area contributed by atoms with Gasteiger partial charge in [0.2, 0.25) is 6.56 Å². The minimum atomic E-state index is 1.10. The molecule has 2 heteroatoms. The van der Waals surface area contributed by atoms with Gasteiger partial charge in [-0.05, 0) is 17.2 Å². The first kappa shape index (κ1) is 8.19. The number of fused-ring (bicyclic) bond motifs is 3. The lowest BCUT2D eigenvalue weighted by Gasteiger charge is -2.17. The van der Waals surface area contributed by atoms with Crippen LogP contribution in [0, 0.1) is 0 Å². The molecule has 0 nitrogen and oxygen atoms in total. The van der Waals surface area contributed by atoms with E-state index in [0.717, 1.165) is 6.56 Å². The topological polar surface area (TPSA) is 0 Å². The Balaban J connectivity index is 2.29. The first-order valence-corrected chi connectivity index (χ1v) is 5.74.